The molecule has 4 heteroatoms. The fourth-order valence-electron chi connectivity index (χ4n) is 11.3. The molecule has 2 aliphatic heterocycles. The van der Waals surface area contributed by atoms with E-state index >= 15 is 0 Å². The summed E-state index contributed by atoms with van der Waals surface area (Å²) < 4.78 is 19.5. The van der Waals surface area contributed by atoms with Gasteiger partial charge in [-0.25, -0.2) is 0 Å². The van der Waals surface area contributed by atoms with Gasteiger partial charge in [-0.2, -0.15) is 0 Å². The molecule has 0 aromatic rings. The van der Waals surface area contributed by atoms with E-state index in [1.54, 1.807) is 0 Å². The second-order valence-electron chi connectivity index (χ2n) is 15.4. The van der Waals surface area contributed by atoms with Crippen LogP contribution in [0, 0.1) is 52.3 Å². The number of carbonyl (C=O) groups is 1. The number of ether oxygens (including phenoxy) is 3. The van der Waals surface area contributed by atoms with Crippen LogP contribution in [0.2, 0.25) is 0 Å². The number of hydrogen-bond donors (Lipinski definition) is 0. The van der Waals surface area contributed by atoms with Crippen molar-refractivity contribution in [2.75, 3.05) is 6.61 Å². The van der Waals surface area contributed by atoms with Crippen LogP contribution in [-0.4, -0.2) is 30.6 Å². The third kappa shape index (κ3) is 4.41. The Morgan fingerprint density at radius 2 is 1.71 bits per heavy atom. The first-order chi connectivity index (χ1) is 18.2. The molecule has 0 radical (unpaired) electrons. The van der Waals surface area contributed by atoms with Gasteiger partial charge in [-0.05, 0) is 111 Å². The summed E-state index contributed by atoms with van der Waals surface area (Å²) in [7, 11) is 0. The van der Waals surface area contributed by atoms with Crippen molar-refractivity contribution >= 4 is 5.97 Å². The predicted molar refractivity (Wildman–Crippen MR) is 150 cm³/mol. The maximum Gasteiger partial charge on any atom is 0.306 e. The van der Waals surface area contributed by atoms with E-state index < -0.39 is 0 Å². The van der Waals surface area contributed by atoms with Crippen LogP contribution in [0.15, 0.2) is 0 Å². The highest BCUT2D eigenvalue weighted by atomic mass is 16.7. The number of esters is 1. The van der Waals surface area contributed by atoms with E-state index in [2.05, 4.69) is 34.6 Å². The van der Waals surface area contributed by atoms with Gasteiger partial charge >= 0.3 is 5.97 Å². The summed E-state index contributed by atoms with van der Waals surface area (Å²) >= 11 is 0. The highest BCUT2D eigenvalue weighted by Crippen LogP contribution is 2.71. The van der Waals surface area contributed by atoms with Gasteiger partial charge in [0.2, 0.25) is 0 Å². The van der Waals surface area contributed by atoms with Crippen molar-refractivity contribution in [3.63, 3.8) is 0 Å². The number of carbonyl (C=O) groups excluding carboxylic acids is 1. The van der Waals surface area contributed by atoms with Gasteiger partial charge < -0.3 is 14.2 Å². The van der Waals surface area contributed by atoms with Crippen molar-refractivity contribution in [3.8, 4) is 0 Å². The van der Waals surface area contributed by atoms with Crippen LogP contribution in [0.3, 0.4) is 0 Å². The van der Waals surface area contributed by atoms with E-state index in [0.29, 0.717) is 41.1 Å². The Hall–Kier alpha value is -0.610. The maximum atomic E-state index is 12.5. The summed E-state index contributed by atoms with van der Waals surface area (Å²) in [5.74, 6) is 4.77. The normalized spacial score (nSPS) is 51.7. The maximum absolute atomic E-state index is 12.5. The SMILES string of the molecule is CCCCCCC(=O)O[C@@H]1CC[C@@]2(C)C(CCC3C2CC[C@@]2(C)C3CC3OC4(CCC(C)CO4)C(C)C32)C1. The average molecular weight is 529 g/mol. The van der Waals surface area contributed by atoms with E-state index in [9.17, 15) is 4.79 Å². The summed E-state index contributed by atoms with van der Waals surface area (Å²) in [6.45, 7) is 13.1. The largest absolute Gasteiger partial charge is 0.462 e. The van der Waals surface area contributed by atoms with E-state index in [0.717, 1.165) is 62.4 Å². The lowest BCUT2D eigenvalue weighted by atomic mass is 9.44. The summed E-state index contributed by atoms with van der Waals surface area (Å²) in [4.78, 5) is 12.5. The summed E-state index contributed by atoms with van der Waals surface area (Å²) in [5, 5.41) is 0. The van der Waals surface area contributed by atoms with Gasteiger partial charge in [-0.15, -0.1) is 0 Å². The van der Waals surface area contributed by atoms with Gasteiger partial charge in [-0.1, -0.05) is 53.9 Å². The first-order valence-corrected chi connectivity index (χ1v) is 16.7. The Bertz CT molecular complexity index is 863. The van der Waals surface area contributed by atoms with Gasteiger partial charge in [0.05, 0.1) is 12.7 Å². The minimum Gasteiger partial charge on any atom is -0.462 e. The molecule has 38 heavy (non-hydrogen) atoms. The molecule has 6 rings (SSSR count). The molecule has 12 atom stereocenters. The molecular weight excluding hydrogens is 472 g/mol. The standard InChI is InChI=1S/C34H56O4/c1-6-7-8-9-10-30(35)37-25-14-16-32(4)24(19-25)11-12-26-27(32)15-17-33(5)28(26)20-29-31(33)23(3)34(38-29)18-13-22(2)21-36-34/h22-29,31H,6-21H2,1-5H3/t22?,23?,24?,25-,26?,27?,28?,29?,31?,32+,33+,34?/m1/s1. The number of unbranched alkanes of at least 4 members (excludes halogenated alkanes) is 3. The number of fused-ring (bicyclic) bond motifs is 7. The van der Waals surface area contributed by atoms with Crippen molar-refractivity contribution < 1.29 is 19.0 Å². The second kappa shape index (κ2) is 10.3. The minimum absolute atomic E-state index is 0.0533. The molecular formula is C34H56O4. The molecule has 2 heterocycles. The van der Waals surface area contributed by atoms with Crippen molar-refractivity contribution in [2.45, 2.75) is 149 Å². The number of hydrogen-bond acceptors (Lipinski definition) is 4. The highest BCUT2D eigenvalue weighted by molar-refractivity contribution is 5.69. The summed E-state index contributed by atoms with van der Waals surface area (Å²) in [6, 6.07) is 0. The Balaban J connectivity index is 1.10. The van der Waals surface area contributed by atoms with Gasteiger partial charge in [0.1, 0.15) is 6.10 Å². The zero-order chi connectivity index (χ0) is 26.7. The Labute approximate surface area is 232 Å². The third-order valence-corrected chi connectivity index (χ3v) is 13.4. The molecule has 0 bridgehead atoms. The molecule has 0 amide bonds. The summed E-state index contributed by atoms with van der Waals surface area (Å²) in [6.07, 6.45) is 18.2. The van der Waals surface area contributed by atoms with Gasteiger partial charge in [0, 0.05) is 18.8 Å². The van der Waals surface area contributed by atoms with Gasteiger partial charge in [-0.3, -0.25) is 4.79 Å². The van der Waals surface area contributed by atoms with Crippen LogP contribution in [0.4, 0.5) is 0 Å². The number of rotatable bonds is 6. The van der Waals surface area contributed by atoms with E-state index in [1.807, 2.05) is 0 Å². The lowest BCUT2D eigenvalue weighted by Gasteiger charge is -2.61. The quantitative estimate of drug-likeness (QED) is 0.257. The average Bonchev–Trinajstić information content (AvgIpc) is 3.34. The van der Waals surface area contributed by atoms with Crippen molar-refractivity contribution in [3.05, 3.63) is 0 Å². The van der Waals surface area contributed by atoms with Crippen LogP contribution in [0.1, 0.15) is 131 Å². The fraction of sp³-hybridized carbons (Fsp3) is 0.971. The topological polar surface area (TPSA) is 44.8 Å². The molecule has 4 saturated carbocycles. The molecule has 2 saturated heterocycles. The van der Waals surface area contributed by atoms with E-state index in [1.165, 1.54) is 57.8 Å². The Morgan fingerprint density at radius 1 is 0.895 bits per heavy atom. The summed E-state index contributed by atoms with van der Waals surface area (Å²) in [5.41, 5.74) is 0.817. The first kappa shape index (κ1) is 27.6. The molecule has 0 aromatic heterocycles. The third-order valence-electron chi connectivity index (χ3n) is 13.4. The predicted octanol–water partition coefficient (Wildman–Crippen LogP) is 8.32. The highest BCUT2D eigenvalue weighted by Gasteiger charge is 2.69. The minimum atomic E-state index is -0.303. The van der Waals surface area contributed by atoms with Gasteiger partial charge in [0.15, 0.2) is 5.79 Å². The molecule has 1 spiro atoms. The van der Waals surface area contributed by atoms with Crippen LogP contribution in [0.25, 0.3) is 0 Å². The van der Waals surface area contributed by atoms with Crippen LogP contribution in [0.5, 0.6) is 0 Å². The van der Waals surface area contributed by atoms with Crippen molar-refractivity contribution in [2.24, 2.45) is 52.3 Å². The van der Waals surface area contributed by atoms with E-state index in [4.69, 9.17) is 14.2 Å². The molecule has 9 unspecified atom stereocenters. The molecule has 216 valence electrons. The monoisotopic (exact) mass is 528 g/mol. The molecule has 0 aromatic carbocycles. The zero-order valence-electron chi connectivity index (χ0n) is 25.1. The van der Waals surface area contributed by atoms with Crippen LogP contribution < -0.4 is 0 Å². The molecule has 4 aliphatic carbocycles. The first-order valence-electron chi connectivity index (χ1n) is 16.7. The molecule has 4 nitrogen and oxygen atoms in total. The van der Waals surface area contributed by atoms with Crippen LogP contribution in [-0.2, 0) is 19.0 Å². The Kier molecular flexibility index (Phi) is 7.50. The molecule has 6 fully saturated rings. The second-order valence-corrected chi connectivity index (χ2v) is 15.4. The van der Waals surface area contributed by atoms with Crippen LogP contribution >= 0.6 is 0 Å². The van der Waals surface area contributed by atoms with Crippen molar-refractivity contribution in [1.82, 2.24) is 0 Å². The molecule has 6 aliphatic rings. The zero-order valence-corrected chi connectivity index (χ0v) is 25.1. The smallest absolute Gasteiger partial charge is 0.306 e. The lowest BCUT2D eigenvalue weighted by Crippen LogP contribution is -2.55. The lowest BCUT2D eigenvalue weighted by molar-refractivity contribution is -0.273. The van der Waals surface area contributed by atoms with E-state index in [-0.39, 0.29) is 17.9 Å². The Morgan fingerprint density at radius 3 is 2.47 bits per heavy atom. The molecule has 0 N–H and O–H groups in total. The van der Waals surface area contributed by atoms with Crippen molar-refractivity contribution in [1.29, 1.82) is 0 Å². The fourth-order valence-corrected chi connectivity index (χ4v) is 11.3. The van der Waals surface area contributed by atoms with Gasteiger partial charge in [0.25, 0.3) is 0 Å².